The zero-order valence-corrected chi connectivity index (χ0v) is 24.6. The zero-order valence-electron chi connectivity index (χ0n) is 23.7. The van der Waals surface area contributed by atoms with Crippen LogP contribution in [0.1, 0.15) is 68.3 Å². The van der Waals surface area contributed by atoms with Crippen molar-refractivity contribution in [2.24, 2.45) is 5.92 Å². The third-order valence-electron chi connectivity index (χ3n) is 9.28. The van der Waals surface area contributed by atoms with Gasteiger partial charge in [-0.15, -0.1) is 0 Å². The fourth-order valence-corrected chi connectivity index (χ4v) is 9.25. The Morgan fingerprint density at radius 3 is 1.82 bits per heavy atom. The van der Waals surface area contributed by atoms with E-state index in [0.29, 0.717) is 5.92 Å². The van der Waals surface area contributed by atoms with E-state index in [2.05, 4.69) is 140 Å². The van der Waals surface area contributed by atoms with Crippen molar-refractivity contribution in [2.75, 3.05) is 14.1 Å². The van der Waals surface area contributed by atoms with E-state index >= 15 is 0 Å². The molecule has 0 aromatic heterocycles. The number of rotatable bonds is 6. The van der Waals surface area contributed by atoms with Crippen LogP contribution in [0.4, 0.5) is 0 Å². The molecule has 4 aromatic carbocycles. The van der Waals surface area contributed by atoms with Crippen molar-refractivity contribution in [3.63, 3.8) is 0 Å². The summed E-state index contributed by atoms with van der Waals surface area (Å²) >= 11 is 0. The Morgan fingerprint density at radius 2 is 1.21 bits per heavy atom. The van der Waals surface area contributed by atoms with E-state index in [4.69, 9.17) is 4.52 Å². The Hall–Kier alpha value is -2.55. The first kappa shape index (κ1) is 26.7. The number of hydrogen-bond donors (Lipinski definition) is 0. The monoisotopic (exact) mass is 536 g/mol. The van der Waals surface area contributed by atoms with Gasteiger partial charge in [0.1, 0.15) is 0 Å². The van der Waals surface area contributed by atoms with Crippen LogP contribution in [0.5, 0.6) is 0 Å². The topological polar surface area (TPSA) is 15.7 Å². The first-order valence-corrected chi connectivity index (χ1v) is 15.6. The summed E-state index contributed by atoms with van der Waals surface area (Å²) in [7, 11) is 3.63. The summed E-state index contributed by atoms with van der Waals surface area (Å²) < 4.78 is 12.4. The van der Waals surface area contributed by atoms with Crippen LogP contribution >= 0.6 is 8.45 Å². The Balaban J connectivity index is 1.31. The van der Waals surface area contributed by atoms with E-state index in [0.717, 1.165) is 6.42 Å². The molecule has 0 N–H and O–H groups in total. The van der Waals surface area contributed by atoms with Crippen molar-refractivity contribution in [3.8, 4) is 0 Å². The summed E-state index contributed by atoms with van der Waals surface area (Å²) in [4.78, 5) is 0. The van der Waals surface area contributed by atoms with E-state index in [9.17, 15) is 0 Å². The highest BCUT2D eigenvalue weighted by atomic mass is 31.2. The van der Waals surface area contributed by atoms with Crippen molar-refractivity contribution in [1.29, 1.82) is 0 Å². The van der Waals surface area contributed by atoms with E-state index < -0.39 is 8.45 Å². The highest BCUT2D eigenvalue weighted by molar-refractivity contribution is 7.47. The fraction of sp³-hybridized carbons (Fsp3) is 0.371. The van der Waals surface area contributed by atoms with Gasteiger partial charge in [0, 0.05) is 0 Å². The van der Waals surface area contributed by atoms with E-state index in [1.807, 2.05) is 0 Å². The van der Waals surface area contributed by atoms with Gasteiger partial charge in [-0.1, -0.05) is 130 Å². The van der Waals surface area contributed by atoms with Crippen molar-refractivity contribution in [3.05, 3.63) is 120 Å². The molecule has 0 bridgehead atoms. The number of hydrogen-bond acceptors (Lipinski definition) is 3. The lowest BCUT2D eigenvalue weighted by atomic mass is 9.66. The molecular weight excluding hydrogens is 495 g/mol. The van der Waals surface area contributed by atoms with Crippen molar-refractivity contribution >= 4 is 19.2 Å². The smallest absolute Gasteiger partial charge is 0.189 e. The molecule has 6 rings (SSSR count). The maximum atomic E-state index is 7.30. The van der Waals surface area contributed by atoms with E-state index in [1.165, 1.54) is 46.7 Å². The molecule has 4 aromatic rings. The molecule has 1 aliphatic heterocycles. The highest BCUT2D eigenvalue weighted by Gasteiger charge is 2.49. The SMILES string of the molecule is CN1[C@H](c2ccccc2)[C@@H](c2ccccc2)N(C)P1O[C@@H]1CCCC[C@H]1C(C)(C)c1ccc2ccccc2c1. The molecule has 2 fully saturated rings. The summed E-state index contributed by atoms with van der Waals surface area (Å²) in [6.45, 7) is 4.89. The van der Waals surface area contributed by atoms with Crippen LogP contribution < -0.4 is 0 Å². The van der Waals surface area contributed by atoms with Crippen LogP contribution in [0.25, 0.3) is 10.8 Å². The minimum atomic E-state index is -0.921. The molecule has 2 aliphatic rings. The third-order valence-corrected chi connectivity index (χ3v) is 11.3. The van der Waals surface area contributed by atoms with Gasteiger partial charge in [-0.3, -0.25) is 0 Å². The van der Waals surface area contributed by atoms with Gasteiger partial charge < -0.3 is 4.52 Å². The Bertz CT molecular complexity index is 1340. The summed E-state index contributed by atoms with van der Waals surface area (Å²) in [5, 5.41) is 2.64. The zero-order chi connectivity index (χ0) is 27.0. The Morgan fingerprint density at radius 1 is 0.667 bits per heavy atom. The van der Waals surface area contributed by atoms with Gasteiger partial charge in [-0.2, -0.15) is 0 Å². The molecule has 0 amide bonds. The molecule has 0 spiro atoms. The quantitative estimate of drug-likeness (QED) is 0.228. The lowest BCUT2D eigenvalue weighted by Gasteiger charge is -2.44. The van der Waals surface area contributed by atoms with Gasteiger partial charge in [0.05, 0.1) is 18.2 Å². The predicted octanol–water partition coefficient (Wildman–Crippen LogP) is 9.28. The first-order chi connectivity index (χ1) is 18.9. The van der Waals surface area contributed by atoms with E-state index in [1.54, 1.807) is 0 Å². The lowest BCUT2D eigenvalue weighted by Crippen LogP contribution is -2.41. The molecule has 3 nitrogen and oxygen atoms in total. The summed E-state index contributed by atoms with van der Waals surface area (Å²) in [6, 6.07) is 38.2. The van der Waals surface area contributed by atoms with Gasteiger partial charge in [-0.25, -0.2) is 9.34 Å². The molecule has 1 heterocycles. The largest absolute Gasteiger partial charge is 0.328 e. The van der Waals surface area contributed by atoms with Gasteiger partial charge in [0.25, 0.3) is 0 Å². The Kier molecular flexibility index (Phi) is 7.62. The molecule has 39 heavy (non-hydrogen) atoms. The maximum Gasteiger partial charge on any atom is 0.189 e. The number of fused-ring (bicyclic) bond motifs is 1. The summed E-state index contributed by atoms with van der Waals surface area (Å²) in [6.07, 6.45) is 5.11. The highest BCUT2D eigenvalue weighted by Crippen LogP contribution is 2.64. The predicted molar refractivity (Wildman–Crippen MR) is 165 cm³/mol. The normalized spacial score (nSPS) is 25.3. The summed E-state index contributed by atoms with van der Waals surface area (Å²) in [5.74, 6) is 0.475. The van der Waals surface area contributed by atoms with Crippen LogP contribution in [0.3, 0.4) is 0 Å². The minimum absolute atomic E-state index is 0.0268. The lowest BCUT2D eigenvalue weighted by molar-refractivity contribution is 0.0523. The van der Waals surface area contributed by atoms with Gasteiger partial charge in [0.2, 0.25) is 0 Å². The molecular formula is C35H41N2OP. The van der Waals surface area contributed by atoms with Crippen LogP contribution in [0, 0.1) is 5.92 Å². The number of benzene rings is 4. The molecule has 0 unspecified atom stereocenters. The average Bonchev–Trinajstić information content (AvgIpc) is 3.23. The van der Waals surface area contributed by atoms with Crippen molar-refractivity contribution < 1.29 is 4.52 Å². The van der Waals surface area contributed by atoms with Crippen LogP contribution in [-0.2, 0) is 9.94 Å². The van der Waals surface area contributed by atoms with Crippen molar-refractivity contribution in [2.45, 2.75) is 63.1 Å². The number of likely N-dealkylation sites (N-methyl/N-ethyl adjacent to an activating group) is 2. The first-order valence-electron chi connectivity index (χ1n) is 14.5. The van der Waals surface area contributed by atoms with Crippen molar-refractivity contribution in [1.82, 2.24) is 9.34 Å². The third kappa shape index (κ3) is 5.07. The number of nitrogens with zero attached hydrogens (tertiary/aromatic N) is 2. The maximum absolute atomic E-state index is 7.30. The second-order valence-electron chi connectivity index (χ2n) is 11.9. The molecule has 202 valence electrons. The van der Waals surface area contributed by atoms with Gasteiger partial charge >= 0.3 is 0 Å². The second-order valence-corrected chi connectivity index (χ2v) is 13.9. The standard InChI is InChI=1S/C35H41N2OP/c1-35(2,30-24-23-26-15-11-12-20-29(26)25-30)31-21-13-14-22-32(31)38-39-36(3)33(27-16-7-5-8-17-27)34(37(39)4)28-18-9-6-10-19-28/h5-12,15-20,23-25,31-34H,13-14,21-22H2,1-4H3/t31-,32-,33-,34-/m1/s1. The molecule has 4 atom stereocenters. The van der Waals surface area contributed by atoms with Crippen LogP contribution in [0.15, 0.2) is 103 Å². The molecule has 1 saturated heterocycles. The molecule has 0 radical (unpaired) electrons. The van der Waals surface area contributed by atoms with Gasteiger partial charge in [0.15, 0.2) is 8.45 Å². The van der Waals surface area contributed by atoms with Crippen LogP contribution in [0.2, 0.25) is 0 Å². The minimum Gasteiger partial charge on any atom is -0.328 e. The average molecular weight is 537 g/mol. The summed E-state index contributed by atoms with van der Waals surface area (Å²) in [5.41, 5.74) is 4.16. The molecule has 1 saturated carbocycles. The second kappa shape index (κ2) is 11.1. The fourth-order valence-electron chi connectivity index (χ4n) is 7.06. The molecule has 4 heteroatoms. The molecule has 1 aliphatic carbocycles. The van der Waals surface area contributed by atoms with Gasteiger partial charge in [-0.05, 0) is 65.7 Å². The Labute approximate surface area is 235 Å². The van der Waals surface area contributed by atoms with E-state index in [-0.39, 0.29) is 23.6 Å². The van der Waals surface area contributed by atoms with Crippen LogP contribution in [-0.4, -0.2) is 29.5 Å².